The molecule has 35 heavy (non-hydrogen) atoms. The quantitative estimate of drug-likeness (QED) is 0.169. The number of benzene rings is 3. The Bertz CT molecular complexity index is 1270. The van der Waals surface area contributed by atoms with Crippen LogP contribution in [0.1, 0.15) is 28.7 Å². The molecular weight excluding hydrogens is 460 g/mol. The molecule has 0 amide bonds. The standard InChI is InChI=1S/C30H25ClO4/c1-23(21-32)22-34-18-3-19-35-29-16-10-25(11-17-29)6-12-27-13-7-26(20-30(27)31)5-4-24-8-14-28(33-2)15-9-24/h7-11,13-17,20-21H,1,3,18-19,22H2,2H3. The Morgan fingerprint density at radius 1 is 0.857 bits per heavy atom. The van der Waals surface area contributed by atoms with Crippen molar-refractivity contribution in [2.75, 3.05) is 26.9 Å². The molecule has 0 aromatic heterocycles. The monoisotopic (exact) mass is 484 g/mol. The first-order valence-electron chi connectivity index (χ1n) is 11.0. The molecule has 0 radical (unpaired) electrons. The number of rotatable bonds is 9. The zero-order valence-corrected chi connectivity index (χ0v) is 20.2. The maximum absolute atomic E-state index is 10.5. The summed E-state index contributed by atoms with van der Waals surface area (Å²) >= 11 is 6.42. The van der Waals surface area contributed by atoms with Gasteiger partial charge in [-0.2, -0.15) is 0 Å². The average molecular weight is 485 g/mol. The summed E-state index contributed by atoms with van der Waals surface area (Å²) in [6, 6.07) is 20.7. The minimum Gasteiger partial charge on any atom is -0.497 e. The smallest absolute Gasteiger partial charge is 0.147 e. The second-order valence-electron chi connectivity index (χ2n) is 7.48. The molecule has 0 heterocycles. The zero-order chi connectivity index (χ0) is 24.9. The largest absolute Gasteiger partial charge is 0.497 e. The average Bonchev–Trinajstić information content (AvgIpc) is 2.89. The first-order valence-corrected chi connectivity index (χ1v) is 11.4. The van der Waals surface area contributed by atoms with Crippen LogP contribution in [0, 0.1) is 23.7 Å². The molecule has 0 atom stereocenters. The highest BCUT2D eigenvalue weighted by Crippen LogP contribution is 2.18. The third kappa shape index (κ3) is 8.72. The van der Waals surface area contributed by atoms with Gasteiger partial charge in [0.05, 0.1) is 32.0 Å². The Morgan fingerprint density at radius 3 is 2.09 bits per heavy atom. The topological polar surface area (TPSA) is 44.8 Å². The van der Waals surface area contributed by atoms with E-state index in [2.05, 4.69) is 30.3 Å². The predicted molar refractivity (Wildman–Crippen MR) is 139 cm³/mol. The molecule has 0 spiro atoms. The molecule has 0 unspecified atom stereocenters. The molecule has 0 aliphatic heterocycles. The third-order valence-corrected chi connectivity index (χ3v) is 5.07. The van der Waals surface area contributed by atoms with E-state index in [1.54, 1.807) is 7.11 Å². The number of methoxy groups -OCH3 is 1. The highest BCUT2D eigenvalue weighted by molar-refractivity contribution is 6.31. The van der Waals surface area contributed by atoms with E-state index in [9.17, 15) is 4.79 Å². The lowest BCUT2D eigenvalue weighted by atomic mass is 10.1. The fourth-order valence-electron chi connectivity index (χ4n) is 2.88. The van der Waals surface area contributed by atoms with Crippen LogP contribution in [0.3, 0.4) is 0 Å². The van der Waals surface area contributed by atoms with Crippen molar-refractivity contribution in [3.63, 3.8) is 0 Å². The summed E-state index contributed by atoms with van der Waals surface area (Å²) in [5, 5.41) is 0.554. The van der Waals surface area contributed by atoms with Crippen molar-refractivity contribution in [2.45, 2.75) is 6.42 Å². The normalized spacial score (nSPS) is 9.77. The number of carbonyl (C=O) groups is 1. The molecule has 5 heteroatoms. The zero-order valence-electron chi connectivity index (χ0n) is 19.5. The molecule has 0 saturated heterocycles. The van der Waals surface area contributed by atoms with Gasteiger partial charge in [-0.1, -0.05) is 41.9 Å². The van der Waals surface area contributed by atoms with Crippen LogP contribution in [0.25, 0.3) is 0 Å². The molecule has 0 fully saturated rings. The van der Waals surface area contributed by atoms with Crippen LogP contribution in [-0.2, 0) is 9.53 Å². The van der Waals surface area contributed by atoms with E-state index < -0.39 is 0 Å². The van der Waals surface area contributed by atoms with Gasteiger partial charge in [0.1, 0.15) is 17.8 Å². The number of aldehydes is 1. The summed E-state index contributed by atoms with van der Waals surface area (Å²) in [5.74, 6) is 14.0. The van der Waals surface area contributed by atoms with Crippen LogP contribution in [0.5, 0.6) is 11.5 Å². The summed E-state index contributed by atoms with van der Waals surface area (Å²) in [5.41, 5.74) is 3.73. The summed E-state index contributed by atoms with van der Waals surface area (Å²) in [6.07, 6.45) is 1.41. The molecule has 3 aromatic rings. The van der Waals surface area contributed by atoms with Crippen LogP contribution < -0.4 is 9.47 Å². The number of ether oxygens (including phenoxy) is 3. The summed E-state index contributed by atoms with van der Waals surface area (Å²) in [4.78, 5) is 10.5. The second kappa shape index (κ2) is 13.7. The summed E-state index contributed by atoms with van der Waals surface area (Å²) in [6.45, 7) is 4.83. The fourth-order valence-corrected chi connectivity index (χ4v) is 3.10. The van der Waals surface area contributed by atoms with E-state index in [4.69, 9.17) is 25.8 Å². The van der Waals surface area contributed by atoms with Crippen LogP contribution in [0.15, 0.2) is 78.9 Å². The second-order valence-corrected chi connectivity index (χ2v) is 7.89. The van der Waals surface area contributed by atoms with Gasteiger partial charge in [0.2, 0.25) is 0 Å². The highest BCUT2D eigenvalue weighted by Gasteiger charge is 1.99. The van der Waals surface area contributed by atoms with Gasteiger partial charge in [0, 0.05) is 34.2 Å². The Balaban J connectivity index is 1.52. The van der Waals surface area contributed by atoms with E-state index in [-0.39, 0.29) is 6.61 Å². The van der Waals surface area contributed by atoms with E-state index in [0.717, 1.165) is 33.8 Å². The Hall–Kier alpha value is -3.96. The van der Waals surface area contributed by atoms with E-state index in [0.29, 0.717) is 36.5 Å². The maximum atomic E-state index is 10.5. The van der Waals surface area contributed by atoms with Crippen molar-refractivity contribution in [2.24, 2.45) is 0 Å². The number of hydrogen-bond acceptors (Lipinski definition) is 4. The van der Waals surface area contributed by atoms with Gasteiger partial charge in [-0.25, -0.2) is 0 Å². The highest BCUT2D eigenvalue weighted by atomic mass is 35.5. The van der Waals surface area contributed by atoms with E-state index in [1.807, 2.05) is 66.7 Å². The lowest BCUT2D eigenvalue weighted by Crippen LogP contribution is -2.05. The molecule has 4 nitrogen and oxygen atoms in total. The van der Waals surface area contributed by atoms with Crippen LogP contribution in [-0.4, -0.2) is 33.2 Å². The van der Waals surface area contributed by atoms with Crippen molar-refractivity contribution in [3.8, 4) is 35.2 Å². The molecule has 0 aliphatic carbocycles. The number of hydrogen-bond donors (Lipinski definition) is 0. The predicted octanol–water partition coefficient (Wildman–Crippen LogP) is 5.69. The van der Waals surface area contributed by atoms with Crippen LogP contribution >= 0.6 is 11.6 Å². The van der Waals surface area contributed by atoms with Gasteiger partial charge in [-0.3, -0.25) is 4.79 Å². The number of carbonyl (C=O) groups excluding carboxylic acids is 1. The Kier molecular flexibility index (Phi) is 10.0. The summed E-state index contributed by atoms with van der Waals surface area (Å²) in [7, 11) is 1.63. The maximum Gasteiger partial charge on any atom is 0.147 e. The molecule has 0 aliphatic rings. The van der Waals surface area contributed by atoms with Crippen molar-refractivity contribution in [3.05, 3.63) is 106 Å². The van der Waals surface area contributed by atoms with Crippen molar-refractivity contribution < 1.29 is 19.0 Å². The van der Waals surface area contributed by atoms with Gasteiger partial charge in [-0.05, 0) is 66.7 Å². The lowest BCUT2D eigenvalue weighted by molar-refractivity contribution is -0.105. The van der Waals surface area contributed by atoms with Gasteiger partial charge in [0.15, 0.2) is 0 Å². The number of halogens is 1. The lowest BCUT2D eigenvalue weighted by Gasteiger charge is -2.06. The molecule has 176 valence electrons. The SMILES string of the molecule is C=C(C=O)COCCCOc1ccc(C#Cc2ccc(C#Cc3ccc(OC)cc3)cc2Cl)cc1. The third-order valence-electron chi connectivity index (χ3n) is 4.76. The molecule has 0 N–H and O–H groups in total. The molecule has 0 saturated carbocycles. The molecule has 0 bridgehead atoms. The van der Waals surface area contributed by atoms with E-state index >= 15 is 0 Å². The van der Waals surface area contributed by atoms with Gasteiger partial charge < -0.3 is 14.2 Å². The van der Waals surface area contributed by atoms with Gasteiger partial charge >= 0.3 is 0 Å². The minimum absolute atomic E-state index is 0.251. The van der Waals surface area contributed by atoms with Crippen molar-refractivity contribution in [1.29, 1.82) is 0 Å². The van der Waals surface area contributed by atoms with Gasteiger partial charge in [-0.15, -0.1) is 0 Å². The molecular formula is C30H25ClO4. The van der Waals surface area contributed by atoms with Crippen molar-refractivity contribution in [1.82, 2.24) is 0 Å². The van der Waals surface area contributed by atoms with E-state index in [1.165, 1.54) is 0 Å². The molecule has 3 rings (SSSR count). The minimum atomic E-state index is 0.251. The Labute approximate surface area is 211 Å². The van der Waals surface area contributed by atoms with Gasteiger partial charge in [0.25, 0.3) is 0 Å². The Morgan fingerprint density at radius 2 is 1.46 bits per heavy atom. The van der Waals surface area contributed by atoms with Crippen LogP contribution in [0.2, 0.25) is 5.02 Å². The first-order chi connectivity index (χ1) is 17.1. The van der Waals surface area contributed by atoms with Crippen LogP contribution in [0.4, 0.5) is 0 Å². The van der Waals surface area contributed by atoms with Crippen molar-refractivity contribution >= 4 is 17.9 Å². The first kappa shape index (κ1) is 25.7. The fraction of sp³-hybridized carbons (Fsp3) is 0.167. The summed E-state index contributed by atoms with van der Waals surface area (Å²) < 4.78 is 16.2. The molecule has 3 aromatic carbocycles.